The van der Waals surface area contributed by atoms with Crippen molar-refractivity contribution in [2.75, 3.05) is 4.90 Å². The summed E-state index contributed by atoms with van der Waals surface area (Å²) in [5.41, 5.74) is 20.1. The minimum Gasteiger partial charge on any atom is -0.456 e. The minimum absolute atomic E-state index is 0.485. The third-order valence-corrected chi connectivity index (χ3v) is 14.7. The number of fused-ring (bicyclic) bond motifs is 9. The molecule has 0 atom stereocenters. The van der Waals surface area contributed by atoms with E-state index < -0.39 is 5.41 Å². The zero-order chi connectivity index (χ0) is 46.2. The van der Waals surface area contributed by atoms with Gasteiger partial charge in [0.2, 0.25) is 0 Å². The Balaban J connectivity index is 1.01. The van der Waals surface area contributed by atoms with Crippen LogP contribution in [-0.2, 0) is 5.41 Å². The summed E-state index contributed by atoms with van der Waals surface area (Å²) in [4.78, 5) is 2.40. The van der Waals surface area contributed by atoms with E-state index in [-0.39, 0.29) is 0 Å². The van der Waals surface area contributed by atoms with E-state index in [0.29, 0.717) is 0 Å². The van der Waals surface area contributed by atoms with Gasteiger partial charge in [-0.25, -0.2) is 0 Å². The second kappa shape index (κ2) is 16.0. The van der Waals surface area contributed by atoms with Crippen molar-refractivity contribution in [2.24, 2.45) is 0 Å². The quantitative estimate of drug-likeness (QED) is 0.152. The lowest BCUT2D eigenvalue weighted by Gasteiger charge is -2.34. The normalized spacial score (nSPS) is 12.7. The van der Waals surface area contributed by atoms with Crippen molar-refractivity contribution >= 4 is 60.8 Å². The standard InChI is InChI=1S/C67H44N2O/c1-5-19-45(20-6-1)46-33-37-52(38-34-46)69-60-42-41-53(43-57(60)65-61(69)44-63-66(56-29-15-18-32-62(56)70-63)64(65)47-21-7-2-8-22-47)68(50-25-11-4-12-26-50)51-39-35-49(36-40-51)67(48-23-9-3-10-24-48)58-30-16-13-27-54(58)55-28-14-17-31-59(55)67/h1-44H. The van der Waals surface area contributed by atoms with Crippen LogP contribution in [0.3, 0.4) is 0 Å². The molecule has 13 aromatic rings. The number of para-hydroxylation sites is 2. The van der Waals surface area contributed by atoms with Crippen LogP contribution in [0.4, 0.5) is 17.1 Å². The highest BCUT2D eigenvalue weighted by Gasteiger charge is 2.45. The molecule has 11 aromatic carbocycles. The van der Waals surface area contributed by atoms with Gasteiger partial charge in [0.25, 0.3) is 0 Å². The molecule has 0 radical (unpaired) electrons. The lowest BCUT2D eigenvalue weighted by molar-refractivity contribution is 0.669. The number of rotatable bonds is 8. The van der Waals surface area contributed by atoms with Crippen molar-refractivity contribution in [1.82, 2.24) is 4.57 Å². The van der Waals surface area contributed by atoms with Crippen LogP contribution in [-0.4, -0.2) is 4.57 Å². The van der Waals surface area contributed by atoms with E-state index in [2.05, 4.69) is 276 Å². The Bertz CT molecular complexity index is 4030. The van der Waals surface area contributed by atoms with Gasteiger partial charge >= 0.3 is 0 Å². The highest BCUT2D eigenvalue weighted by atomic mass is 16.3. The summed E-state index contributed by atoms with van der Waals surface area (Å²) in [6.07, 6.45) is 0. The van der Waals surface area contributed by atoms with Crippen molar-refractivity contribution < 1.29 is 4.42 Å². The van der Waals surface area contributed by atoms with Gasteiger partial charge in [-0.1, -0.05) is 200 Å². The van der Waals surface area contributed by atoms with Crippen molar-refractivity contribution in [3.8, 4) is 39.1 Å². The molecule has 0 saturated carbocycles. The molecule has 3 heteroatoms. The maximum Gasteiger partial charge on any atom is 0.138 e. The molecule has 2 heterocycles. The molecule has 0 amide bonds. The summed E-state index contributed by atoms with van der Waals surface area (Å²) in [6, 6.07) is 97.2. The predicted molar refractivity (Wildman–Crippen MR) is 291 cm³/mol. The van der Waals surface area contributed by atoms with Gasteiger partial charge in [0.15, 0.2) is 0 Å². The van der Waals surface area contributed by atoms with Crippen LogP contribution >= 0.6 is 0 Å². The van der Waals surface area contributed by atoms with Crippen molar-refractivity contribution in [3.05, 3.63) is 289 Å². The zero-order valence-electron chi connectivity index (χ0n) is 38.2. The third-order valence-electron chi connectivity index (χ3n) is 14.7. The number of nitrogens with zero attached hydrogens (tertiary/aromatic N) is 2. The average molecular weight is 893 g/mol. The summed E-state index contributed by atoms with van der Waals surface area (Å²) in [6.45, 7) is 0. The molecule has 1 aliphatic rings. The molecule has 0 fully saturated rings. The van der Waals surface area contributed by atoms with E-state index in [1.54, 1.807) is 0 Å². The van der Waals surface area contributed by atoms with Crippen molar-refractivity contribution in [1.29, 1.82) is 0 Å². The summed E-state index contributed by atoms with van der Waals surface area (Å²) < 4.78 is 9.18. The first kappa shape index (κ1) is 39.9. The Kier molecular flexibility index (Phi) is 9.11. The van der Waals surface area contributed by atoms with Crippen molar-refractivity contribution in [2.45, 2.75) is 5.41 Å². The van der Waals surface area contributed by atoms with E-state index in [1.807, 2.05) is 0 Å². The van der Waals surface area contributed by atoms with Crippen LogP contribution in [0.5, 0.6) is 0 Å². The van der Waals surface area contributed by atoms with E-state index in [9.17, 15) is 0 Å². The van der Waals surface area contributed by atoms with Gasteiger partial charge in [0.1, 0.15) is 11.2 Å². The summed E-state index contributed by atoms with van der Waals surface area (Å²) in [5.74, 6) is 0. The Morgan fingerprint density at radius 2 is 0.871 bits per heavy atom. The molecule has 328 valence electrons. The minimum atomic E-state index is -0.485. The van der Waals surface area contributed by atoms with E-state index in [0.717, 1.165) is 66.7 Å². The monoisotopic (exact) mass is 892 g/mol. The molecule has 0 aliphatic heterocycles. The number of benzene rings is 11. The zero-order valence-corrected chi connectivity index (χ0v) is 38.2. The highest BCUT2D eigenvalue weighted by molar-refractivity contribution is 6.27. The molecular weight excluding hydrogens is 849 g/mol. The van der Waals surface area contributed by atoms with Crippen LogP contribution in [0.1, 0.15) is 22.3 Å². The fraction of sp³-hybridized carbons (Fsp3) is 0.0149. The molecule has 2 aromatic heterocycles. The maximum atomic E-state index is 6.76. The van der Waals surface area contributed by atoms with Crippen molar-refractivity contribution in [3.63, 3.8) is 0 Å². The molecular formula is C67H44N2O. The SMILES string of the molecule is c1ccc(-c2ccc(-n3c4ccc(N(c5ccccc5)c5ccc(C6(c7ccccc7)c7ccccc7-c7ccccc76)cc5)cc4c4c(-c5ccccc5)c5c(cc43)oc3ccccc35)cc2)cc1. The molecule has 70 heavy (non-hydrogen) atoms. The van der Waals surface area contributed by atoms with Gasteiger partial charge in [-0.2, -0.15) is 0 Å². The summed E-state index contributed by atoms with van der Waals surface area (Å²) >= 11 is 0. The molecule has 1 aliphatic carbocycles. The molecule has 14 rings (SSSR count). The van der Waals surface area contributed by atoms with Crippen LogP contribution in [0, 0.1) is 0 Å². The molecule has 0 bridgehead atoms. The predicted octanol–water partition coefficient (Wildman–Crippen LogP) is 17.8. The fourth-order valence-electron chi connectivity index (χ4n) is 11.7. The van der Waals surface area contributed by atoms with Crippen LogP contribution in [0.25, 0.3) is 82.8 Å². The first-order chi connectivity index (χ1) is 34.7. The van der Waals surface area contributed by atoms with Gasteiger partial charge in [-0.05, 0) is 111 Å². The molecule has 0 spiro atoms. The number of hydrogen-bond donors (Lipinski definition) is 0. The first-order valence-corrected chi connectivity index (χ1v) is 24.1. The second-order valence-electron chi connectivity index (χ2n) is 18.4. The van der Waals surface area contributed by atoms with Crippen LogP contribution in [0.2, 0.25) is 0 Å². The molecule has 0 unspecified atom stereocenters. The van der Waals surface area contributed by atoms with E-state index in [4.69, 9.17) is 4.42 Å². The Labute approximate surface area is 406 Å². The van der Waals surface area contributed by atoms with Gasteiger partial charge in [0, 0.05) is 55.9 Å². The van der Waals surface area contributed by atoms with Crippen LogP contribution < -0.4 is 4.90 Å². The third kappa shape index (κ3) is 6.01. The topological polar surface area (TPSA) is 21.3 Å². The van der Waals surface area contributed by atoms with E-state index >= 15 is 0 Å². The van der Waals surface area contributed by atoms with Gasteiger partial charge < -0.3 is 13.9 Å². The Morgan fingerprint density at radius 3 is 1.56 bits per heavy atom. The lowest BCUT2D eigenvalue weighted by Crippen LogP contribution is -2.28. The number of aromatic nitrogens is 1. The highest BCUT2D eigenvalue weighted by Crippen LogP contribution is 2.56. The first-order valence-electron chi connectivity index (χ1n) is 24.1. The second-order valence-corrected chi connectivity index (χ2v) is 18.4. The van der Waals surface area contributed by atoms with Gasteiger partial charge in [-0.3, -0.25) is 0 Å². The average Bonchev–Trinajstić information content (AvgIpc) is 4.08. The summed E-state index contributed by atoms with van der Waals surface area (Å²) in [7, 11) is 0. The number of anilines is 3. The number of furan rings is 1. The number of hydrogen-bond acceptors (Lipinski definition) is 2. The maximum absolute atomic E-state index is 6.76. The van der Waals surface area contributed by atoms with Crippen LogP contribution in [0.15, 0.2) is 271 Å². The summed E-state index contributed by atoms with van der Waals surface area (Å²) in [5, 5.41) is 4.57. The largest absolute Gasteiger partial charge is 0.456 e. The van der Waals surface area contributed by atoms with Gasteiger partial charge in [0.05, 0.1) is 16.4 Å². The molecule has 3 nitrogen and oxygen atoms in total. The van der Waals surface area contributed by atoms with Gasteiger partial charge in [-0.15, -0.1) is 0 Å². The molecule has 0 saturated heterocycles. The Morgan fingerprint density at radius 1 is 0.343 bits per heavy atom. The molecule has 0 N–H and O–H groups in total. The van der Waals surface area contributed by atoms with E-state index in [1.165, 1.54) is 55.5 Å². The Hall–Kier alpha value is -9.18. The lowest BCUT2D eigenvalue weighted by atomic mass is 9.68. The smallest absolute Gasteiger partial charge is 0.138 e. The fourth-order valence-corrected chi connectivity index (χ4v) is 11.7.